The average Bonchev–Trinajstić information content (AvgIpc) is 3.08. The first kappa shape index (κ1) is 17.5. The van der Waals surface area contributed by atoms with Gasteiger partial charge in [0.2, 0.25) is 11.8 Å². The molecule has 23 heavy (non-hydrogen) atoms. The lowest BCUT2D eigenvalue weighted by molar-refractivity contribution is -0.128. The molecule has 2 rings (SSSR count). The Labute approximate surface area is 135 Å². The number of carbonyl (C=O) groups excluding carboxylic acids is 2. The van der Waals surface area contributed by atoms with Gasteiger partial charge in [0, 0.05) is 13.1 Å². The molecule has 0 aromatic heterocycles. The summed E-state index contributed by atoms with van der Waals surface area (Å²) in [6, 6.07) is -0.233. The van der Waals surface area contributed by atoms with Crippen molar-refractivity contribution >= 4 is 17.8 Å². The van der Waals surface area contributed by atoms with Crippen LogP contribution in [-0.4, -0.2) is 60.7 Å². The van der Waals surface area contributed by atoms with Crippen molar-refractivity contribution in [2.75, 3.05) is 19.6 Å². The Morgan fingerprint density at radius 1 is 1.26 bits per heavy atom. The normalized spacial score (nSPS) is 26.7. The summed E-state index contributed by atoms with van der Waals surface area (Å²) in [5.74, 6) is -0.698. The van der Waals surface area contributed by atoms with Crippen LogP contribution in [0.2, 0.25) is 0 Å². The summed E-state index contributed by atoms with van der Waals surface area (Å²) < 4.78 is 5.70. The Hall–Kier alpha value is -1.87. The summed E-state index contributed by atoms with van der Waals surface area (Å²) in [6.07, 6.45) is 4.72. The predicted molar refractivity (Wildman–Crippen MR) is 84.4 cm³/mol. The minimum absolute atomic E-state index is 0.00240. The number of amides is 2. The summed E-state index contributed by atoms with van der Waals surface area (Å²) in [4.78, 5) is 24.9. The largest absolute Gasteiger partial charge is 0.370 e. The number of unbranched alkanes of at least 4 members (excludes halogenated alkanes) is 1. The topological polar surface area (TPSA) is 150 Å². The fourth-order valence-electron chi connectivity index (χ4n) is 3.00. The minimum Gasteiger partial charge on any atom is -0.370 e. The van der Waals surface area contributed by atoms with Crippen LogP contribution in [0.25, 0.3) is 0 Å². The van der Waals surface area contributed by atoms with Gasteiger partial charge in [0.25, 0.3) is 0 Å². The first-order chi connectivity index (χ1) is 11.0. The van der Waals surface area contributed by atoms with Gasteiger partial charge < -0.3 is 26.8 Å². The third kappa shape index (κ3) is 5.36. The number of hydrogen-bond acceptors (Lipinski definition) is 5. The molecule has 0 radical (unpaired) electrons. The fraction of sp³-hybridized carbons (Fsp3) is 0.786. The van der Waals surface area contributed by atoms with Crippen LogP contribution in [0.5, 0.6) is 0 Å². The van der Waals surface area contributed by atoms with Crippen LogP contribution in [0.3, 0.4) is 0 Å². The number of nitrogens with one attached hydrogen (secondary N) is 3. The Kier molecular flexibility index (Phi) is 6.17. The molecule has 2 unspecified atom stereocenters. The van der Waals surface area contributed by atoms with Gasteiger partial charge in [0.05, 0.1) is 18.7 Å². The molecule has 2 heterocycles. The molecule has 2 fully saturated rings. The predicted octanol–water partition coefficient (Wildman–Crippen LogP) is -1.57. The molecule has 2 amide bonds. The number of likely N-dealkylation sites (tertiary alicyclic amines) is 1. The maximum absolute atomic E-state index is 12.1. The minimum atomic E-state index is -0.539. The van der Waals surface area contributed by atoms with Gasteiger partial charge in [-0.1, -0.05) is 0 Å². The van der Waals surface area contributed by atoms with Gasteiger partial charge in [-0.25, -0.2) is 0 Å². The first-order valence-corrected chi connectivity index (χ1v) is 8.04. The number of rotatable bonds is 9. The fourth-order valence-corrected chi connectivity index (χ4v) is 3.00. The maximum Gasteiger partial charge on any atom is 0.237 e. The van der Waals surface area contributed by atoms with Crippen LogP contribution in [0.1, 0.15) is 32.1 Å². The monoisotopic (exact) mass is 326 g/mol. The second-order valence-electron chi connectivity index (χ2n) is 5.98. The Balaban J connectivity index is 1.67. The lowest BCUT2D eigenvalue weighted by Crippen LogP contribution is -2.47. The third-order valence-electron chi connectivity index (χ3n) is 4.15. The van der Waals surface area contributed by atoms with Crippen LogP contribution < -0.4 is 22.1 Å². The molecule has 130 valence electrons. The summed E-state index contributed by atoms with van der Waals surface area (Å²) in [7, 11) is 0. The van der Waals surface area contributed by atoms with E-state index in [1.807, 2.05) is 0 Å². The van der Waals surface area contributed by atoms with Crippen LogP contribution >= 0.6 is 0 Å². The highest BCUT2D eigenvalue weighted by Gasteiger charge is 2.48. The molecule has 0 aromatic rings. The number of epoxide rings is 1. The zero-order valence-electron chi connectivity index (χ0n) is 13.2. The van der Waals surface area contributed by atoms with Gasteiger partial charge in [-0.3, -0.25) is 19.9 Å². The molecular weight excluding hydrogens is 300 g/mol. The van der Waals surface area contributed by atoms with E-state index in [2.05, 4.69) is 15.5 Å². The van der Waals surface area contributed by atoms with Crippen LogP contribution in [0, 0.1) is 5.41 Å². The van der Waals surface area contributed by atoms with E-state index >= 15 is 0 Å². The highest BCUT2D eigenvalue weighted by Crippen LogP contribution is 2.35. The summed E-state index contributed by atoms with van der Waals surface area (Å²) in [6.45, 7) is 1.40. The molecule has 0 bridgehead atoms. The van der Waals surface area contributed by atoms with Crippen molar-refractivity contribution < 1.29 is 14.3 Å². The molecule has 0 saturated carbocycles. The van der Waals surface area contributed by atoms with Crippen molar-refractivity contribution in [1.82, 2.24) is 15.5 Å². The van der Waals surface area contributed by atoms with Crippen LogP contribution in [0.4, 0.5) is 0 Å². The van der Waals surface area contributed by atoms with Gasteiger partial charge in [-0.2, -0.15) is 0 Å². The van der Waals surface area contributed by atoms with Crippen molar-refractivity contribution in [2.24, 2.45) is 11.5 Å². The zero-order chi connectivity index (χ0) is 16.8. The van der Waals surface area contributed by atoms with Crippen molar-refractivity contribution in [1.29, 1.82) is 5.41 Å². The van der Waals surface area contributed by atoms with Gasteiger partial charge in [-0.05, 0) is 32.1 Å². The van der Waals surface area contributed by atoms with Crippen molar-refractivity contribution in [2.45, 2.75) is 50.5 Å². The second-order valence-corrected chi connectivity index (χ2v) is 5.98. The number of guanidine groups is 1. The average molecular weight is 326 g/mol. The summed E-state index contributed by atoms with van der Waals surface area (Å²) in [5, 5.41) is 12.4. The number of ether oxygens (including phenoxy) is 1. The van der Waals surface area contributed by atoms with E-state index < -0.39 is 5.91 Å². The summed E-state index contributed by atoms with van der Waals surface area (Å²) >= 11 is 0. The van der Waals surface area contributed by atoms with Crippen LogP contribution in [-0.2, 0) is 14.3 Å². The van der Waals surface area contributed by atoms with Gasteiger partial charge >= 0.3 is 0 Å². The van der Waals surface area contributed by atoms with E-state index in [0.717, 1.165) is 38.6 Å². The van der Waals surface area contributed by atoms with Gasteiger partial charge in [-0.15, -0.1) is 0 Å². The highest BCUT2D eigenvalue weighted by atomic mass is 16.6. The van der Waals surface area contributed by atoms with E-state index in [4.69, 9.17) is 21.6 Å². The van der Waals surface area contributed by atoms with E-state index in [9.17, 15) is 9.59 Å². The molecule has 0 aromatic carbocycles. The number of nitrogens with two attached hydrogens (primary N) is 2. The Morgan fingerprint density at radius 3 is 2.74 bits per heavy atom. The van der Waals surface area contributed by atoms with Crippen LogP contribution in [0.15, 0.2) is 0 Å². The SMILES string of the molecule is N=C(N)NCCCCC1OC1N1CCC[C@H]1C(=O)NCC(N)=O. The molecule has 7 N–H and O–H groups in total. The lowest BCUT2D eigenvalue weighted by Gasteiger charge is -2.21. The molecule has 2 saturated heterocycles. The Bertz CT molecular complexity index is 458. The number of primary amides is 1. The maximum atomic E-state index is 12.1. The van der Waals surface area contributed by atoms with Crippen molar-refractivity contribution in [3.05, 3.63) is 0 Å². The van der Waals surface area contributed by atoms with Crippen molar-refractivity contribution in [3.8, 4) is 0 Å². The molecule has 2 aliphatic heterocycles. The van der Waals surface area contributed by atoms with E-state index in [1.165, 1.54) is 0 Å². The second kappa shape index (κ2) is 8.11. The summed E-state index contributed by atoms with van der Waals surface area (Å²) in [5.41, 5.74) is 10.3. The lowest BCUT2D eigenvalue weighted by atomic mass is 10.1. The van der Waals surface area contributed by atoms with E-state index in [1.54, 1.807) is 0 Å². The number of carbonyl (C=O) groups is 2. The molecule has 9 nitrogen and oxygen atoms in total. The smallest absolute Gasteiger partial charge is 0.237 e. The van der Waals surface area contributed by atoms with Gasteiger partial charge in [0.15, 0.2) is 5.96 Å². The first-order valence-electron chi connectivity index (χ1n) is 8.04. The zero-order valence-corrected chi connectivity index (χ0v) is 13.2. The number of hydrogen-bond donors (Lipinski definition) is 5. The van der Waals surface area contributed by atoms with Gasteiger partial charge in [0.1, 0.15) is 6.23 Å². The standard InChI is InChI=1S/C14H26N6O3/c15-11(21)8-19-12(22)9-4-3-7-20(9)13-10(23-13)5-1-2-6-18-14(16)17/h9-10,13H,1-8H2,(H2,15,21)(H,19,22)(H4,16,17,18)/t9-,10?,13?/m0/s1. The quantitative estimate of drug-likeness (QED) is 0.149. The number of nitrogens with zero attached hydrogens (tertiary/aromatic N) is 1. The molecule has 0 spiro atoms. The highest BCUT2D eigenvalue weighted by molar-refractivity contribution is 5.87. The third-order valence-corrected chi connectivity index (χ3v) is 4.15. The molecule has 3 atom stereocenters. The molecular formula is C14H26N6O3. The Morgan fingerprint density at radius 2 is 2.04 bits per heavy atom. The van der Waals surface area contributed by atoms with E-state index in [-0.39, 0.29) is 36.8 Å². The molecule has 2 aliphatic rings. The molecule has 0 aliphatic carbocycles. The van der Waals surface area contributed by atoms with E-state index in [0.29, 0.717) is 6.54 Å². The van der Waals surface area contributed by atoms with Crippen molar-refractivity contribution in [3.63, 3.8) is 0 Å². The molecule has 9 heteroatoms.